The van der Waals surface area contributed by atoms with Gasteiger partial charge in [0.05, 0.1) is 10.7 Å². The highest BCUT2D eigenvalue weighted by atomic mass is 32.1. The lowest BCUT2D eigenvalue weighted by atomic mass is 10.2. The Morgan fingerprint density at radius 1 is 1.73 bits per heavy atom. The fourth-order valence-electron chi connectivity index (χ4n) is 0.713. The van der Waals surface area contributed by atoms with Crippen molar-refractivity contribution in [3.8, 4) is 0 Å². The molecule has 0 fully saturated rings. The first-order valence-electron chi connectivity index (χ1n) is 3.08. The molecule has 0 aliphatic heterocycles. The number of aromatic nitrogens is 1. The summed E-state index contributed by atoms with van der Waals surface area (Å²) < 4.78 is 12.8. The number of rotatable bonds is 2. The second-order valence-corrected chi connectivity index (χ2v) is 2.60. The van der Waals surface area contributed by atoms with E-state index in [1.165, 1.54) is 18.3 Å². The monoisotopic (exact) mass is 170 g/mol. The standard InChI is InChI=1S/C7H7FN2S/c8-5-2-1-3-10-6(5)4-7(9)11/h1-3H,4H2,(H2,9,11). The molecule has 1 aromatic rings. The first kappa shape index (κ1) is 8.07. The maximum atomic E-state index is 12.8. The van der Waals surface area contributed by atoms with Gasteiger partial charge >= 0.3 is 0 Å². The average molecular weight is 170 g/mol. The third-order valence-corrected chi connectivity index (χ3v) is 1.32. The van der Waals surface area contributed by atoms with Crippen molar-refractivity contribution in [1.29, 1.82) is 0 Å². The predicted molar refractivity (Wildman–Crippen MR) is 44.7 cm³/mol. The van der Waals surface area contributed by atoms with E-state index in [9.17, 15) is 4.39 Å². The number of nitrogens with two attached hydrogens (primary N) is 1. The maximum Gasteiger partial charge on any atom is 0.145 e. The number of pyridine rings is 1. The van der Waals surface area contributed by atoms with Crippen LogP contribution < -0.4 is 5.73 Å². The minimum absolute atomic E-state index is 0.224. The van der Waals surface area contributed by atoms with Crippen LogP contribution in [0.3, 0.4) is 0 Å². The third kappa shape index (κ3) is 2.23. The lowest BCUT2D eigenvalue weighted by molar-refractivity contribution is 0.606. The molecule has 0 amide bonds. The van der Waals surface area contributed by atoms with Gasteiger partial charge in [-0.3, -0.25) is 4.98 Å². The summed E-state index contributed by atoms with van der Waals surface area (Å²) in [5, 5.41) is 0. The Bertz CT molecular complexity index is 275. The number of halogens is 1. The molecular formula is C7H7FN2S. The topological polar surface area (TPSA) is 38.9 Å². The molecule has 11 heavy (non-hydrogen) atoms. The summed E-state index contributed by atoms with van der Waals surface area (Å²) in [5.74, 6) is -0.361. The Hall–Kier alpha value is -1.03. The third-order valence-electron chi connectivity index (χ3n) is 1.18. The Morgan fingerprint density at radius 2 is 2.45 bits per heavy atom. The summed E-state index contributed by atoms with van der Waals surface area (Å²) in [4.78, 5) is 4.03. The average Bonchev–Trinajstić information content (AvgIpc) is 1.93. The van der Waals surface area contributed by atoms with Gasteiger partial charge in [-0.25, -0.2) is 4.39 Å². The minimum Gasteiger partial charge on any atom is -0.393 e. The summed E-state index contributed by atoms with van der Waals surface area (Å²) in [6.07, 6.45) is 1.73. The smallest absolute Gasteiger partial charge is 0.145 e. The molecule has 4 heteroatoms. The van der Waals surface area contributed by atoms with Crippen molar-refractivity contribution in [2.24, 2.45) is 5.73 Å². The van der Waals surface area contributed by atoms with E-state index in [0.717, 1.165) is 0 Å². The summed E-state index contributed by atoms with van der Waals surface area (Å²) in [5.41, 5.74) is 5.52. The van der Waals surface area contributed by atoms with Gasteiger partial charge in [0.15, 0.2) is 0 Å². The van der Waals surface area contributed by atoms with Gasteiger partial charge in [-0.15, -0.1) is 0 Å². The van der Waals surface area contributed by atoms with Crippen molar-refractivity contribution in [3.63, 3.8) is 0 Å². The molecular weight excluding hydrogens is 163 g/mol. The molecule has 0 unspecified atom stereocenters. The Kier molecular flexibility index (Phi) is 2.48. The van der Waals surface area contributed by atoms with Crippen LogP contribution in [0.25, 0.3) is 0 Å². The van der Waals surface area contributed by atoms with E-state index in [1.807, 2.05) is 0 Å². The lowest BCUT2D eigenvalue weighted by Crippen LogP contribution is -2.13. The van der Waals surface area contributed by atoms with E-state index in [2.05, 4.69) is 17.2 Å². The highest BCUT2D eigenvalue weighted by Crippen LogP contribution is 2.02. The SMILES string of the molecule is NC(=S)Cc1ncccc1F. The van der Waals surface area contributed by atoms with Crippen molar-refractivity contribution < 1.29 is 4.39 Å². The zero-order valence-electron chi connectivity index (χ0n) is 5.75. The molecule has 1 heterocycles. The van der Waals surface area contributed by atoms with Gasteiger partial charge in [0, 0.05) is 12.6 Å². The molecule has 1 aromatic heterocycles. The molecule has 2 N–H and O–H groups in total. The number of thiocarbonyl (C=S) groups is 1. The molecule has 0 saturated heterocycles. The molecule has 0 atom stereocenters. The Morgan fingerprint density at radius 3 is 3.00 bits per heavy atom. The number of hydrogen-bond acceptors (Lipinski definition) is 2. The van der Waals surface area contributed by atoms with Gasteiger partial charge in [0.2, 0.25) is 0 Å². The minimum atomic E-state index is -0.361. The van der Waals surface area contributed by atoms with Crippen LogP contribution in [0.4, 0.5) is 4.39 Å². The van der Waals surface area contributed by atoms with Gasteiger partial charge in [-0.2, -0.15) is 0 Å². The molecule has 0 saturated carbocycles. The molecule has 2 nitrogen and oxygen atoms in total. The van der Waals surface area contributed by atoms with E-state index >= 15 is 0 Å². The normalized spacial score (nSPS) is 9.55. The lowest BCUT2D eigenvalue weighted by Gasteiger charge is -1.98. The van der Waals surface area contributed by atoms with Crippen LogP contribution in [0.2, 0.25) is 0 Å². The van der Waals surface area contributed by atoms with Crippen LogP contribution in [-0.4, -0.2) is 9.97 Å². The van der Waals surface area contributed by atoms with Crippen molar-refractivity contribution in [2.45, 2.75) is 6.42 Å². The van der Waals surface area contributed by atoms with E-state index in [-0.39, 0.29) is 17.2 Å². The van der Waals surface area contributed by atoms with Crippen LogP contribution in [0.5, 0.6) is 0 Å². The van der Waals surface area contributed by atoms with E-state index in [1.54, 1.807) is 0 Å². The zero-order valence-corrected chi connectivity index (χ0v) is 6.57. The summed E-state index contributed by atoms with van der Waals surface area (Å²) in [6.45, 7) is 0. The van der Waals surface area contributed by atoms with Gasteiger partial charge in [-0.05, 0) is 12.1 Å². The van der Waals surface area contributed by atoms with Crippen molar-refractivity contribution >= 4 is 17.2 Å². The van der Waals surface area contributed by atoms with Crippen LogP contribution >= 0.6 is 12.2 Å². The van der Waals surface area contributed by atoms with Gasteiger partial charge in [0.25, 0.3) is 0 Å². The zero-order chi connectivity index (χ0) is 8.27. The van der Waals surface area contributed by atoms with Crippen LogP contribution in [0, 0.1) is 5.82 Å². The highest BCUT2D eigenvalue weighted by Gasteiger charge is 2.02. The molecule has 0 aliphatic carbocycles. The molecule has 0 aliphatic rings. The summed E-state index contributed by atoms with van der Waals surface area (Å²) in [6, 6.07) is 2.86. The van der Waals surface area contributed by atoms with E-state index < -0.39 is 0 Å². The molecule has 1 rings (SSSR count). The van der Waals surface area contributed by atoms with Crippen molar-refractivity contribution in [1.82, 2.24) is 4.98 Å². The Labute approximate surface area is 69.2 Å². The van der Waals surface area contributed by atoms with Crippen LogP contribution in [-0.2, 0) is 6.42 Å². The molecule has 0 radical (unpaired) electrons. The van der Waals surface area contributed by atoms with Gasteiger partial charge in [-0.1, -0.05) is 12.2 Å². The highest BCUT2D eigenvalue weighted by molar-refractivity contribution is 7.80. The summed E-state index contributed by atoms with van der Waals surface area (Å²) in [7, 11) is 0. The van der Waals surface area contributed by atoms with Crippen molar-refractivity contribution in [2.75, 3.05) is 0 Å². The second-order valence-electron chi connectivity index (χ2n) is 2.08. The largest absolute Gasteiger partial charge is 0.393 e. The fraction of sp³-hybridized carbons (Fsp3) is 0.143. The maximum absolute atomic E-state index is 12.8. The van der Waals surface area contributed by atoms with E-state index in [4.69, 9.17) is 5.73 Å². The van der Waals surface area contributed by atoms with Gasteiger partial charge in [0.1, 0.15) is 5.82 Å². The number of nitrogens with zero attached hydrogens (tertiary/aromatic N) is 1. The fourth-order valence-corrected chi connectivity index (χ4v) is 0.850. The second kappa shape index (κ2) is 3.39. The first-order valence-corrected chi connectivity index (χ1v) is 3.48. The molecule has 0 aromatic carbocycles. The Balaban J connectivity index is 2.86. The van der Waals surface area contributed by atoms with Crippen LogP contribution in [0.1, 0.15) is 5.69 Å². The molecule has 0 spiro atoms. The quantitative estimate of drug-likeness (QED) is 0.674. The van der Waals surface area contributed by atoms with E-state index in [0.29, 0.717) is 5.69 Å². The summed E-state index contributed by atoms with van der Waals surface area (Å²) >= 11 is 4.61. The molecule has 58 valence electrons. The van der Waals surface area contributed by atoms with Gasteiger partial charge < -0.3 is 5.73 Å². The van der Waals surface area contributed by atoms with Crippen molar-refractivity contribution in [3.05, 3.63) is 29.8 Å². The molecule has 0 bridgehead atoms. The predicted octanol–water partition coefficient (Wildman–Crippen LogP) is 1.05. The van der Waals surface area contributed by atoms with Crippen LogP contribution in [0.15, 0.2) is 18.3 Å². The number of hydrogen-bond donors (Lipinski definition) is 1. The first-order chi connectivity index (χ1) is 5.20.